The van der Waals surface area contributed by atoms with E-state index in [1.165, 1.54) is 0 Å². The van der Waals surface area contributed by atoms with Crippen LogP contribution in [0.4, 0.5) is 22.0 Å². The Morgan fingerprint density at radius 1 is 1.25 bits per heavy atom. The van der Waals surface area contributed by atoms with Crippen molar-refractivity contribution >= 4 is 5.97 Å². The number of hydrogen-bond donors (Lipinski definition) is 1. The van der Waals surface area contributed by atoms with Gasteiger partial charge < -0.3 is 5.11 Å². The fraction of sp³-hybridized carbons (Fsp3) is 0.222. The van der Waals surface area contributed by atoms with Crippen molar-refractivity contribution in [1.29, 1.82) is 0 Å². The van der Waals surface area contributed by atoms with Crippen molar-refractivity contribution in [3.05, 3.63) is 34.4 Å². The van der Waals surface area contributed by atoms with E-state index in [2.05, 4.69) is 0 Å². The second kappa shape index (κ2) is 3.73. The minimum Gasteiger partial charge on any atom is -0.478 e. The van der Waals surface area contributed by atoms with Gasteiger partial charge in [-0.3, -0.25) is 0 Å². The van der Waals surface area contributed by atoms with Gasteiger partial charge in [0.05, 0.1) is 5.56 Å². The van der Waals surface area contributed by atoms with Gasteiger partial charge in [-0.05, 0) is 18.6 Å². The first-order valence-corrected chi connectivity index (χ1v) is 3.95. The Hall–Kier alpha value is -1.66. The van der Waals surface area contributed by atoms with Gasteiger partial charge in [0.2, 0.25) is 0 Å². The smallest absolute Gasteiger partial charge is 0.419 e. The second-order valence-electron chi connectivity index (χ2n) is 3.05. The summed E-state index contributed by atoms with van der Waals surface area (Å²) in [7, 11) is 0. The number of rotatable bonds is 1. The highest BCUT2D eigenvalue weighted by Gasteiger charge is 2.37. The predicted molar refractivity (Wildman–Crippen MR) is 43.1 cm³/mol. The summed E-state index contributed by atoms with van der Waals surface area (Å²) in [5.74, 6) is -6.02. The molecular formula is C9H5F5O2. The van der Waals surface area contributed by atoms with Crippen molar-refractivity contribution in [2.45, 2.75) is 13.1 Å². The Morgan fingerprint density at radius 3 is 2.12 bits per heavy atom. The Labute approximate surface area is 86.3 Å². The van der Waals surface area contributed by atoms with Gasteiger partial charge in [0.25, 0.3) is 0 Å². The Bertz CT molecular complexity index is 450. The maximum atomic E-state index is 13.0. The van der Waals surface area contributed by atoms with Gasteiger partial charge in [-0.2, -0.15) is 13.2 Å². The number of benzene rings is 1. The minimum atomic E-state index is -5.06. The Kier molecular flexibility index (Phi) is 2.89. The summed E-state index contributed by atoms with van der Waals surface area (Å²) in [5.41, 5.74) is -3.39. The van der Waals surface area contributed by atoms with E-state index in [0.29, 0.717) is 0 Å². The summed E-state index contributed by atoms with van der Waals surface area (Å²) < 4.78 is 62.6. The topological polar surface area (TPSA) is 37.3 Å². The molecule has 1 rings (SSSR count). The standard InChI is InChI=1S/C9H5F5O2/c1-3-2-4(9(12,13)14)6(10)7(11)5(3)8(15)16/h2H,1H3,(H,15,16). The van der Waals surface area contributed by atoms with E-state index in [-0.39, 0.29) is 6.07 Å². The molecule has 0 spiro atoms. The summed E-state index contributed by atoms with van der Waals surface area (Å²) in [6.07, 6.45) is -5.06. The Morgan fingerprint density at radius 2 is 1.75 bits per heavy atom. The first-order valence-electron chi connectivity index (χ1n) is 3.95. The normalized spacial score (nSPS) is 11.6. The molecule has 1 aromatic carbocycles. The number of hydrogen-bond acceptors (Lipinski definition) is 1. The average Bonchev–Trinajstić information content (AvgIpc) is 2.09. The highest BCUT2D eigenvalue weighted by molar-refractivity contribution is 5.89. The minimum absolute atomic E-state index is 0.266. The molecule has 0 fully saturated rings. The lowest BCUT2D eigenvalue weighted by molar-refractivity contribution is -0.140. The van der Waals surface area contributed by atoms with Crippen molar-refractivity contribution in [3.63, 3.8) is 0 Å². The summed E-state index contributed by atoms with van der Waals surface area (Å²) in [6.45, 7) is 0.960. The maximum absolute atomic E-state index is 13.0. The van der Waals surface area contributed by atoms with Gasteiger partial charge in [0.15, 0.2) is 11.6 Å². The molecule has 0 aliphatic rings. The SMILES string of the molecule is Cc1cc(C(F)(F)F)c(F)c(F)c1C(=O)O. The van der Waals surface area contributed by atoms with Crippen molar-refractivity contribution in [2.24, 2.45) is 0 Å². The molecule has 0 radical (unpaired) electrons. The van der Waals surface area contributed by atoms with Gasteiger partial charge in [-0.15, -0.1) is 0 Å². The molecular weight excluding hydrogens is 235 g/mol. The second-order valence-corrected chi connectivity index (χ2v) is 3.05. The summed E-state index contributed by atoms with van der Waals surface area (Å²) in [5, 5.41) is 8.48. The average molecular weight is 240 g/mol. The summed E-state index contributed by atoms with van der Waals surface area (Å²) >= 11 is 0. The van der Waals surface area contributed by atoms with Crippen LogP contribution >= 0.6 is 0 Å². The number of aryl methyl sites for hydroxylation is 1. The van der Waals surface area contributed by atoms with Gasteiger partial charge >= 0.3 is 12.1 Å². The predicted octanol–water partition coefficient (Wildman–Crippen LogP) is 2.99. The number of halogens is 5. The number of carbonyl (C=O) groups is 1. The molecule has 2 nitrogen and oxygen atoms in total. The van der Waals surface area contributed by atoms with E-state index in [1.807, 2.05) is 0 Å². The van der Waals surface area contributed by atoms with Crippen LogP contribution < -0.4 is 0 Å². The molecule has 0 amide bonds. The molecule has 0 bridgehead atoms. The first kappa shape index (κ1) is 12.4. The summed E-state index contributed by atoms with van der Waals surface area (Å²) in [6, 6.07) is 0.266. The quantitative estimate of drug-likeness (QED) is 0.766. The van der Waals surface area contributed by atoms with E-state index in [1.54, 1.807) is 0 Å². The zero-order valence-corrected chi connectivity index (χ0v) is 7.82. The number of carboxylic acid groups (broad SMARTS) is 1. The third-order valence-electron chi connectivity index (χ3n) is 1.92. The lowest BCUT2D eigenvalue weighted by Crippen LogP contribution is -2.14. The molecule has 1 N–H and O–H groups in total. The zero-order valence-electron chi connectivity index (χ0n) is 7.82. The van der Waals surface area contributed by atoms with E-state index in [0.717, 1.165) is 6.92 Å². The number of carboxylic acids is 1. The molecule has 0 aliphatic carbocycles. The molecule has 0 unspecified atom stereocenters. The number of aromatic carboxylic acids is 1. The lowest BCUT2D eigenvalue weighted by atomic mass is 10.0. The molecule has 0 saturated heterocycles. The summed E-state index contributed by atoms with van der Waals surface area (Å²) in [4.78, 5) is 10.5. The molecule has 0 atom stereocenters. The van der Waals surface area contributed by atoms with Crippen LogP contribution in [0.2, 0.25) is 0 Å². The fourth-order valence-corrected chi connectivity index (χ4v) is 1.22. The molecule has 0 heterocycles. The van der Waals surface area contributed by atoms with Crippen molar-refractivity contribution in [3.8, 4) is 0 Å². The van der Waals surface area contributed by atoms with Gasteiger partial charge in [0, 0.05) is 0 Å². The molecule has 0 saturated carbocycles. The van der Waals surface area contributed by atoms with E-state index >= 15 is 0 Å². The van der Waals surface area contributed by atoms with Crippen LogP contribution in [0.5, 0.6) is 0 Å². The van der Waals surface area contributed by atoms with Crippen molar-refractivity contribution < 1.29 is 31.9 Å². The largest absolute Gasteiger partial charge is 0.478 e. The molecule has 88 valence electrons. The Balaban J connectivity index is 3.58. The third kappa shape index (κ3) is 1.98. The van der Waals surface area contributed by atoms with Crippen LogP contribution in [0, 0.1) is 18.6 Å². The first-order chi connectivity index (χ1) is 7.16. The monoisotopic (exact) mass is 240 g/mol. The molecule has 7 heteroatoms. The van der Waals surface area contributed by atoms with Crippen molar-refractivity contribution in [1.82, 2.24) is 0 Å². The van der Waals surface area contributed by atoms with E-state index < -0.39 is 40.5 Å². The number of alkyl halides is 3. The third-order valence-corrected chi connectivity index (χ3v) is 1.92. The molecule has 0 aliphatic heterocycles. The fourth-order valence-electron chi connectivity index (χ4n) is 1.22. The van der Waals surface area contributed by atoms with Gasteiger partial charge in [-0.1, -0.05) is 0 Å². The van der Waals surface area contributed by atoms with E-state index in [4.69, 9.17) is 5.11 Å². The highest BCUT2D eigenvalue weighted by atomic mass is 19.4. The van der Waals surface area contributed by atoms with E-state index in [9.17, 15) is 26.7 Å². The molecule has 0 aromatic heterocycles. The van der Waals surface area contributed by atoms with Crippen LogP contribution in [0.3, 0.4) is 0 Å². The van der Waals surface area contributed by atoms with Gasteiger partial charge in [-0.25, -0.2) is 13.6 Å². The maximum Gasteiger partial charge on any atom is 0.419 e. The lowest BCUT2D eigenvalue weighted by Gasteiger charge is -2.11. The van der Waals surface area contributed by atoms with Crippen LogP contribution in [-0.2, 0) is 6.18 Å². The highest BCUT2D eigenvalue weighted by Crippen LogP contribution is 2.34. The molecule has 16 heavy (non-hydrogen) atoms. The van der Waals surface area contributed by atoms with Crippen LogP contribution in [0.15, 0.2) is 6.07 Å². The van der Waals surface area contributed by atoms with Crippen LogP contribution in [0.25, 0.3) is 0 Å². The van der Waals surface area contributed by atoms with Crippen LogP contribution in [0.1, 0.15) is 21.5 Å². The van der Waals surface area contributed by atoms with Crippen molar-refractivity contribution in [2.75, 3.05) is 0 Å². The molecule has 1 aromatic rings. The van der Waals surface area contributed by atoms with Crippen LogP contribution in [-0.4, -0.2) is 11.1 Å². The zero-order chi connectivity index (χ0) is 12.7. The van der Waals surface area contributed by atoms with Gasteiger partial charge in [0.1, 0.15) is 5.56 Å².